The van der Waals surface area contributed by atoms with Gasteiger partial charge in [0.05, 0.1) is 10.0 Å². The highest BCUT2D eigenvalue weighted by atomic mass is 79.9. The van der Waals surface area contributed by atoms with Crippen LogP contribution in [0.5, 0.6) is 0 Å². The highest BCUT2D eigenvalue weighted by Crippen LogP contribution is 2.37. The normalized spacial score (nSPS) is 13.0. The zero-order chi connectivity index (χ0) is 13.6. The fourth-order valence-corrected chi connectivity index (χ4v) is 2.57. The van der Waals surface area contributed by atoms with Gasteiger partial charge in [-0.3, -0.25) is 0 Å². The van der Waals surface area contributed by atoms with E-state index in [1.165, 1.54) is 17.4 Å². The molecule has 0 saturated heterocycles. The molecule has 0 aliphatic rings. The Morgan fingerprint density at radius 2 is 1.94 bits per heavy atom. The number of thiazole rings is 1. The van der Waals surface area contributed by atoms with Crippen molar-refractivity contribution in [3.63, 3.8) is 0 Å². The minimum Gasteiger partial charge on any atom is -0.449 e. The molecule has 0 atom stereocenters. The molecule has 18 heavy (non-hydrogen) atoms. The Balaban J connectivity index is 2.33. The Hall–Kier alpha value is -0.820. The summed E-state index contributed by atoms with van der Waals surface area (Å²) >= 11 is 4.69. The van der Waals surface area contributed by atoms with Crippen molar-refractivity contribution in [3.8, 4) is 10.8 Å². The topological polar surface area (TPSA) is 26.0 Å². The Morgan fingerprint density at radius 1 is 1.28 bits per heavy atom. The van der Waals surface area contributed by atoms with Crippen molar-refractivity contribution in [1.82, 2.24) is 4.98 Å². The first-order valence-electron chi connectivity index (χ1n) is 5.00. The van der Waals surface area contributed by atoms with Gasteiger partial charge in [0.2, 0.25) is 5.76 Å². The summed E-state index contributed by atoms with van der Waals surface area (Å²) in [6, 6.07) is 2.20. The molecular formula is C11H9BrF3NOS. The van der Waals surface area contributed by atoms with Crippen molar-refractivity contribution in [2.45, 2.75) is 24.3 Å². The molecule has 2 heterocycles. The van der Waals surface area contributed by atoms with Crippen molar-refractivity contribution in [1.29, 1.82) is 0 Å². The second kappa shape index (κ2) is 4.38. The number of hydrogen-bond donors (Lipinski definition) is 0. The van der Waals surface area contributed by atoms with Crippen LogP contribution in [0.25, 0.3) is 10.8 Å². The van der Waals surface area contributed by atoms with E-state index in [0.717, 1.165) is 11.8 Å². The third kappa shape index (κ3) is 2.77. The Morgan fingerprint density at radius 3 is 2.39 bits per heavy atom. The molecule has 0 aliphatic carbocycles. The fraction of sp³-hybridized carbons (Fsp3) is 0.364. The monoisotopic (exact) mass is 339 g/mol. The van der Waals surface area contributed by atoms with Crippen LogP contribution in [0.15, 0.2) is 21.9 Å². The summed E-state index contributed by atoms with van der Waals surface area (Å²) in [7, 11) is 0. The van der Waals surface area contributed by atoms with Gasteiger partial charge in [-0.15, -0.1) is 11.3 Å². The van der Waals surface area contributed by atoms with Crippen molar-refractivity contribution < 1.29 is 17.6 Å². The Bertz CT molecular complexity index is 503. The number of furan rings is 1. The molecule has 2 aromatic rings. The van der Waals surface area contributed by atoms with Crippen LogP contribution >= 0.6 is 27.3 Å². The maximum Gasteiger partial charge on any atom is 0.449 e. The molecule has 0 spiro atoms. The molecule has 2 nitrogen and oxygen atoms in total. The van der Waals surface area contributed by atoms with E-state index in [2.05, 4.69) is 20.9 Å². The predicted octanol–water partition coefficient (Wildman–Crippen LogP) is 5.05. The second-order valence-electron chi connectivity index (χ2n) is 4.17. The van der Waals surface area contributed by atoms with Crippen LogP contribution < -0.4 is 0 Å². The van der Waals surface area contributed by atoms with E-state index in [1.807, 2.05) is 13.8 Å². The lowest BCUT2D eigenvalue weighted by atomic mass is 10.2. The van der Waals surface area contributed by atoms with E-state index in [9.17, 15) is 13.2 Å². The molecule has 0 bridgehead atoms. The first-order valence-corrected chi connectivity index (χ1v) is 6.67. The molecule has 0 amide bonds. The lowest BCUT2D eigenvalue weighted by Gasteiger charge is -2.11. The van der Waals surface area contributed by atoms with E-state index in [-0.39, 0.29) is 10.1 Å². The number of nitrogens with zero attached hydrogens (tertiary/aromatic N) is 1. The highest BCUT2D eigenvalue weighted by molar-refractivity contribution is 9.09. The molecule has 98 valence electrons. The van der Waals surface area contributed by atoms with Crippen LogP contribution in [0, 0.1) is 0 Å². The quantitative estimate of drug-likeness (QED) is 0.715. The molecule has 0 fully saturated rings. The van der Waals surface area contributed by atoms with Crippen molar-refractivity contribution >= 4 is 27.3 Å². The first kappa shape index (κ1) is 13.6. The highest BCUT2D eigenvalue weighted by Gasteiger charge is 2.35. The molecule has 0 N–H and O–H groups in total. The summed E-state index contributed by atoms with van der Waals surface area (Å²) in [5, 5.41) is 2.23. The number of rotatable bonds is 2. The second-order valence-corrected chi connectivity index (χ2v) is 7.01. The zero-order valence-corrected chi connectivity index (χ0v) is 11.9. The number of aromatic nitrogens is 1. The molecule has 0 radical (unpaired) electrons. The van der Waals surface area contributed by atoms with E-state index < -0.39 is 11.9 Å². The SMILES string of the molecule is CC(C)(Br)c1csc(-c2ccc(C(F)(F)F)o2)n1. The Kier molecular flexibility index (Phi) is 3.31. The Labute approximate surface area is 114 Å². The van der Waals surface area contributed by atoms with Gasteiger partial charge >= 0.3 is 6.18 Å². The molecular weight excluding hydrogens is 331 g/mol. The number of alkyl halides is 4. The van der Waals surface area contributed by atoms with Crippen LogP contribution in [0.4, 0.5) is 13.2 Å². The average Bonchev–Trinajstić information content (AvgIpc) is 2.84. The van der Waals surface area contributed by atoms with Gasteiger partial charge in [0.25, 0.3) is 0 Å². The van der Waals surface area contributed by atoms with Gasteiger partial charge in [0.15, 0.2) is 10.8 Å². The number of hydrogen-bond acceptors (Lipinski definition) is 3. The molecule has 2 rings (SSSR count). The van der Waals surface area contributed by atoms with Crippen LogP contribution in [0.3, 0.4) is 0 Å². The summed E-state index contributed by atoms with van der Waals surface area (Å²) in [5.41, 5.74) is 0.757. The lowest BCUT2D eigenvalue weighted by Crippen LogP contribution is -2.06. The fourth-order valence-electron chi connectivity index (χ4n) is 1.27. The molecule has 0 saturated carbocycles. The molecule has 2 aromatic heterocycles. The first-order chi connectivity index (χ1) is 8.18. The van der Waals surface area contributed by atoms with Gasteiger partial charge in [-0.05, 0) is 26.0 Å². The molecule has 7 heteroatoms. The van der Waals surface area contributed by atoms with Crippen LogP contribution in [0.2, 0.25) is 0 Å². The predicted molar refractivity (Wildman–Crippen MR) is 66.8 cm³/mol. The van der Waals surface area contributed by atoms with Crippen LogP contribution in [0.1, 0.15) is 25.3 Å². The maximum absolute atomic E-state index is 12.4. The van der Waals surface area contributed by atoms with E-state index in [4.69, 9.17) is 4.42 Å². The van der Waals surface area contributed by atoms with Crippen LogP contribution in [-0.2, 0) is 10.5 Å². The standard InChI is InChI=1S/C11H9BrF3NOS/c1-10(2,12)7-5-18-9(16-7)6-3-4-8(17-6)11(13,14)15/h3-5H,1-2H3. The summed E-state index contributed by atoms with van der Waals surface area (Å²) < 4.78 is 41.6. The lowest BCUT2D eigenvalue weighted by molar-refractivity contribution is -0.152. The van der Waals surface area contributed by atoms with Crippen molar-refractivity contribution in [2.24, 2.45) is 0 Å². The summed E-state index contributed by atoms with van der Waals surface area (Å²) in [6.07, 6.45) is -4.47. The molecule has 0 unspecified atom stereocenters. The average molecular weight is 340 g/mol. The summed E-state index contributed by atoms with van der Waals surface area (Å²) in [6.45, 7) is 3.82. The smallest absolute Gasteiger partial charge is 0.449 e. The van der Waals surface area contributed by atoms with Crippen LogP contribution in [-0.4, -0.2) is 4.98 Å². The maximum atomic E-state index is 12.4. The third-order valence-electron chi connectivity index (χ3n) is 2.21. The van der Waals surface area contributed by atoms with Crippen molar-refractivity contribution in [3.05, 3.63) is 29.0 Å². The summed E-state index contributed by atoms with van der Waals surface area (Å²) in [5.74, 6) is -0.873. The van der Waals surface area contributed by atoms with Gasteiger partial charge in [0.1, 0.15) is 0 Å². The van der Waals surface area contributed by atoms with E-state index >= 15 is 0 Å². The zero-order valence-electron chi connectivity index (χ0n) is 9.51. The molecule has 0 aliphatic heterocycles. The van der Waals surface area contributed by atoms with Gasteiger partial charge in [0, 0.05) is 5.38 Å². The molecule has 0 aromatic carbocycles. The number of halogens is 4. The van der Waals surface area contributed by atoms with Gasteiger partial charge < -0.3 is 4.42 Å². The summed E-state index contributed by atoms with van der Waals surface area (Å²) in [4.78, 5) is 4.26. The van der Waals surface area contributed by atoms with Gasteiger partial charge in [-0.2, -0.15) is 13.2 Å². The van der Waals surface area contributed by atoms with E-state index in [0.29, 0.717) is 5.01 Å². The van der Waals surface area contributed by atoms with Gasteiger partial charge in [-0.25, -0.2) is 4.98 Å². The third-order valence-corrected chi connectivity index (χ3v) is 3.47. The minimum absolute atomic E-state index is 0.135. The van der Waals surface area contributed by atoms with E-state index in [1.54, 1.807) is 5.38 Å². The van der Waals surface area contributed by atoms with Crippen molar-refractivity contribution in [2.75, 3.05) is 0 Å². The largest absolute Gasteiger partial charge is 0.449 e. The van der Waals surface area contributed by atoms with Gasteiger partial charge in [-0.1, -0.05) is 15.9 Å². The minimum atomic E-state index is -4.47.